The maximum absolute atomic E-state index is 13.3. The van der Waals surface area contributed by atoms with Crippen molar-refractivity contribution in [2.45, 2.75) is 68.1 Å². The molecule has 2 N–H and O–H groups in total. The topological polar surface area (TPSA) is 130 Å². The number of carbonyl (C=O) groups is 2. The average Bonchev–Trinajstić information content (AvgIpc) is 3.40. The monoisotopic (exact) mass is 1130 g/mol. The highest BCUT2D eigenvalue weighted by Crippen LogP contribution is 2.28. The number of nitriles is 1. The van der Waals surface area contributed by atoms with Gasteiger partial charge in [0.2, 0.25) is 5.78 Å². The number of hydrogen-bond acceptors (Lipinski definition) is 8. The van der Waals surface area contributed by atoms with E-state index in [0.29, 0.717) is 22.6 Å². The van der Waals surface area contributed by atoms with Gasteiger partial charge in [-0.05, 0) is 54.1 Å². The van der Waals surface area contributed by atoms with Crippen LogP contribution in [-0.2, 0) is 20.7 Å². The van der Waals surface area contributed by atoms with Crippen LogP contribution in [0, 0.1) is 11.3 Å². The molecule has 0 aromatic heterocycles. The van der Waals surface area contributed by atoms with E-state index in [1.807, 2.05) is 30.3 Å². The second-order valence-electron chi connectivity index (χ2n) is 15.4. The number of nitrogens with two attached hydrogens (primary N) is 1. The van der Waals surface area contributed by atoms with Gasteiger partial charge in [0.1, 0.15) is 6.07 Å². The molecule has 5 aromatic rings. The molecular formula is C58H57Cl2F10N5O3. The number of allylic oxidation sites excluding steroid dienone is 5. The zero-order chi connectivity index (χ0) is 59.3. The van der Waals surface area contributed by atoms with Crippen LogP contribution in [0.2, 0.25) is 0 Å². The predicted octanol–water partition coefficient (Wildman–Crippen LogP) is 17.5. The number of para-hydroxylation sites is 4. The Morgan fingerprint density at radius 3 is 1.10 bits per heavy atom. The van der Waals surface area contributed by atoms with Gasteiger partial charge in [-0.25, -0.2) is 19.8 Å². The number of ketones is 1. The van der Waals surface area contributed by atoms with Crippen LogP contribution in [0.5, 0.6) is 0 Å². The number of esters is 1. The van der Waals surface area contributed by atoms with E-state index < -0.39 is 89.5 Å². The molecule has 0 spiro atoms. The number of nitrogen functional groups attached to an aromatic ring is 1. The molecule has 0 atom stereocenters. The molecular weight excluding hydrogens is 1080 g/mol. The van der Waals surface area contributed by atoms with Crippen LogP contribution in [0.15, 0.2) is 230 Å². The second-order valence-corrected chi connectivity index (χ2v) is 16.1. The molecule has 0 heterocycles. The number of rotatable bonds is 20. The summed E-state index contributed by atoms with van der Waals surface area (Å²) in [5, 5.41) is 7.23. The average molecular weight is 1130 g/mol. The van der Waals surface area contributed by atoms with E-state index in [2.05, 4.69) is 52.6 Å². The van der Waals surface area contributed by atoms with Crippen molar-refractivity contribution in [2.75, 3.05) is 12.8 Å². The Balaban J connectivity index is 0.000000927. The summed E-state index contributed by atoms with van der Waals surface area (Å²) in [7, 11) is 0.916. The molecule has 20 heteroatoms. The summed E-state index contributed by atoms with van der Waals surface area (Å²) in [6.07, 6.45) is 2.19. The molecule has 0 radical (unpaired) electrons. The summed E-state index contributed by atoms with van der Waals surface area (Å²) in [4.78, 5) is 32.3. The van der Waals surface area contributed by atoms with Gasteiger partial charge < -0.3 is 10.5 Å². The molecule has 78 heavy (non-hydrogen) atoms. The summed E-state index contributed by atoms with van der Waals surface area (Å²) in [6, 6.07) is 44.4. The van der Waals surface area contributed by atoms with Gasteiger partial charge in [0.25, 0.3) is 0 Å². The first kappa shape index (κ1) is 70.1. The van der Waals surface area contributed by atoms with Crippen LogP contribution in [0.1, 0.15) is 37.7 Å². The fraction of sp³-hybridized carbons (Fsp3) is 0.207. The van der Waals surface area contributed by atoms with Gasteiger partial charge in [-0.15, -0.1) is 32.9 Å². The van der Waals surface area contributed by atoms with E-state index in [9.17, 15) is 53.5 Å². The third-order valence-corrected chi connectivity index (χ3v) is 9.64. The summed E-state index contributed by atoms with van der Waals surface area (Å²) < 4.78 is 134. The number of ether oxygens (including phenoxy) is 1. The second kappa shape index (κ2) is 37.0. The highest BCUT2D eigenvalue weighted by Gasteiger charge is 2.39. The molecule has 0 unspecified atom stereocenters. The highest BCUT2D eigenvalue weighted by atomic mass is 35.5. The van der Waals surface area contributed by atoms with E-state index in [4.69, 9.17) is 34.2 Å². The standard InChI is InChI=1S/C12H10F2N2.C12H12F2O.2C11H10ClF2N.C6H8F2O2.C6H7N/c1-2-8-12(13,14)11(9-15)16-10-6-4-3-5-7-10;1-2-8-12(13,14)11(15)9-10-6-4-3-5-7-10;2*1-2-8-11(13,14)10(12)15-9-6-4-3-5-7-9;1-3-4-6(7,8)5(9)10-2;7-6-4-2-1-3-5-6/h2-7H,1,8H2;2-7H,1,8-9H2;2*2-7H,1,8H2;3H,1,4H2,2H3;1-5H,7H2. The summed E-state index contributed by atoms with van der Waals surface area (Å²) in [5.74, 6) is -18.8. The van der Waals surface area contributed by atoms with Crippen molar-refractivity contribution in [1.82, 2.24) is 0 Å². The van der Waals surface area contributed by atoms with Crippen molar-refractivity contribution in [3.8, 4) is 6.07 Å². The van der Waals surface area contributed by atoms with Crippen molar-refractivity contribution >= 4 is 73.8 Å². The lowest BCUT2D eigenvalue weighted by Crippen LogP contribution is -2.29. The normalized spacial score (nSPS) is 11.6. The van der Waals surface area contributed by atoms with E-state index in [0.717, 1.165) is 43.2 Å². The van der Waals surface area contributed by atoms with Crippen molar-refractivity contribution in [2.24, 2.45) is 15.0 Å². The number of carbonyl (C=O) groups excluding carboxylic acids is 2. The van der Waals surface area contributed by atoms with Crippen molar-refractivity contribution in [3.05, 3.63) is 220 Å². The predicted molar refractivity (Wildman–Crippen MR) is 295 cm³/mol. The van der Waals surface area contributed by atoms with Crippen LogP contribution < -0.4 is 5.73 Å². The molecule has 0 aliphatic carbocycles. The number of Topliss-reactive ketones (excluding diaryl/α,β-unsaturated/α-hetero) is 1. The Kier molecular flexibility index (Phi) is 33.3. The van der Waals surface area contributed by atoms with Crippen LogP contribution in [0.4, 0.5) is 66.7 Å². The first-order chi connectivity index (χ1) is 36.7. The van der Waals surface area contributed by atoms with Gasteiger partial charge in [-0.2, -0.15) is 49.2 Å². The van der Waals surface area contributed by atoms with Gasteiger partial charge in [-0.3, -0.25) is 4.79 Å². The lowest BCUT2D eigenvalue weighted by atomic mass is 10.0. The maximum Gasteiger partial charge on any atom is 0.377 e. The minimum absolute atomic E-state index is 0.234. The molecule has 8 nitrogen and oxygen atoms in total. The van der Waals surface area contributed by atoms with E-state index in [1.54, 1.807) is 121 Å². The van der Waals surface area contributed by atoms with Crippen LogP contribution in [0.25, 0.3) is 0 Å². The maximum atomic E-state index is 13.3. The third-order valence-electron chi connectivity index (χ3n) is 8.92. The number of anilines is 1. The van der Waals surface area contributed by atoms with Gasteiger partial charge in [0.05, 0.1) is 24.2 Å². The third kappa shape index (κ3) is 29.4. The molecule has 0 fully saturated rings. The van der Waals surface area contributed by atoms with Gasteiger partial charge in [-0.1, -0.05) is 157 Å². The number of nitrogens with zero attached hydrogens (tertiary/aromatic N) is 4. The van der Waals surface area contributed by atoms with E-state index in [-0.39, 0.29) is 6.42 Å². The SMILES string of the molecule is C=CCC(F)(F)C(=O)Cc1ccccc1.C=CCC(F)(F)C(=O)OC.C=CCC(F)(F)C(C#N)=Nc1ccccc1.C=CCC(F)(F)C(Cl)=Nc1ccccc1.C=CCC(F)(F)C(Cl)=Nc1ccccc1.Nc1ccccc1. The Morgan fingerprint density at radius 2 is 0.795 bits per heavy atom. The van der Waals surface area contributed by atoms with E-state index >= 15 is 0 Å². The molecule has 5 rings (SSSR count). The number of methoxy groups -OCH3 is 1. The number of hydrogen-bond donors (Lipinski definition) is 1. The zero-order valence-corrected chi connectivity index (χ0v) is 43.7. The Hall–Kier alpha value is -7.88. The smallest absolute Gasteiger partial charge is 0.377 e. The summed E-state index contributed by atoms with van der Waals surface area (Å²) >= 11 is 10.9. The first-order valence-electron chi connectivity index (χ1n) is 22.8. The van der Waals surface area contributed by atoms with Crippen LogP contribution in [-0.4, -0.2) is 64.5 Å². The molecule has 0 amide bonds. The fourth-order valence-electron chi connectivity index (χ4n) is 5.10. The molecule has 0 saturated carbocycles. The molecule has 5 aromatic carbocycles. The molecule has 0 saturated heterocycles. The van der Waals surface area contributed by atoms with E-state index in [1.165, 1.54) is 6.07 Å². The minimum atomic E-state index is -3.42. The van der Waals surface area contributed by atoms with Gasteiger partial charge in [0.15, 0.2) is 16.1 Å². The first-order valence-corrected chi connectivity index (χ1v) is 23.5. The lowest BCUT2D eigenvalue weighted by Gasteiger charge is -2.12. The quantitative estimate of drug-likeness (QED) is 0.0273. The largest absolute Gasteiger partial charge is 0.465 e. The van der Waals surface area contributed by atoms with Gasteiger partial charge >= 0.3 is 35.6 Å². The van der Waals surface area contributed by atoms with Crippen molar-refractivity contribution < 1.29 is 58.2 Å². The number of aliphatic imine (C=N–C) groups is 3. The number of alkyl halides is 10. The van der Waals surface area contributed by atoms with Crippen LogP contribution >= 0.6 is 23.2 Å². The Bertz CT molecular complexity index is 2650. The Labute approximate surface area is 458 Å². The zero-order valence-electron chi connectivity index (χ0n) is 42.2. The van der Waals surface area contributed by atoms with Crippen LogP contribution in [0.3, 0.4) is 0 Å². The Morgan fingerprint density at radius 1 is 0.500 bits per heavy atom. The number of halogens is 12. The van der Waals surface area contributed by atoms with Crippen molar-refractivity contribution in [1.29, 1.82) is 5.26 Å². The molecule has 0 aliphatic rings. The molecule has 416 valence electrons. The highest BCUT2D eigenvalue weighted by molar-refractivity contribution is 6.67. The minimum Gasteiger partial charge on any atom is -0.465 e. The van der Waals surface area contributed by atoms with Crippen molar-refractivity contribution in [3.63, 3.8) is 0 Å². The summed E-state index contributed by atoms with van der Waals surface area (Å²) in [5.41, 5.74) is 7.14. The number of benzene rings is 5. The molecule has 0 bridgehead atoms. The molecule has 0 aliphatic heterocycles. The fourth-order valence-corrected chi connectivity index (χ4v) is 5.45. The summed E-state index contributed by atoms with van der Waals surface area (Å²) in [6.45, 7) is 16.0. The lowest BCUT2D eigenvalue weighted by molar-refractivity contribution is -0.168. The van der Waals surface area contributed by atoms with Gasteiger partial charge in [0, 0.05) is 44.2 Å².